The van der Waals surface area contributed by atoms with Crippen molar-refractivity contribution in [3.63, 3.8) is 0 Å². The summed E-state index contributed by atoms with van der Waals surface area (Å²) in [5.74, 6) is 2.81. The lowest BCUT2D eigenvalue weighted by Gasteiger charge is -2.15. The molecule has 0 spiro atoms. The quantitative estimate of drug-likeness (QED) is 0.0909. The number of nitrogens with zero attached hydrogens (tertiary/aromatic N) is 5. The Hall–Kier alpha value is -4.88. The predicted molar refractivity (Wildman–Crippen MR) is 292 cm³/mol. The summed E-state index contributed by atoms with van der Waals surface area (Å²) < 4.78 is 5.03. The van der Waals surface area contributed by atoms with Crippen LogP contribution < -0.4 is 16.8 Å². The number of nitrogens with one attached hydrogen (secondary N) is 1. The molecule has 3 heterocycles. The summed E-state index contributed by atoms with van der Waals surface area (Å²) in [6.45, 7) is 44.8. The zero-order valence-electron chi connectivity index (χ0n) is 48.6. The molecule has 0 radical (unpaired) electrons. The van der Waals surface area contributed by atoms with Crippen LogP contribution in [0.2, 0.25) is 0 Å². The van der Waals surface area contributed by atoms with Crippen molar-refractivity contribution >= 4 is 29.3 Å². The van der Waals surface area contributed by atoms with Crippen molar-refractivity contribution in [2.45, 2.75) is 215 Å². The summed E-state index contributed by atoms with van der Waals surface area (Å²) >= 11 is 0. The van der Waals surface area contributed by atoms with E-state index in [1.165, 1.54) is 17.8 Å². The smallest absolute Gasteiger partial charge is 0.229 e. The van der Waals surface area contributed by atoms with Gasteiger partial charge in [0.2, 0.25) is 23.6 Å². The van der Waals surface area contributed by atoms with Gasteiger partial charge in [-0.15, -0.1) is 0 Å². The molecule has 0 bridgehead atoms. The number of Topliss-reactive ketones (excluding diaryl/α,β-unsaturated/α-hetero) is 2. The van der Waals surface area contributed by atoms with Gasteiger partial charge in [-0.25, -0.2) is 0 Å². The summed E-state index contributed by atoms with van der Waals surface area (Å²) in [6, 6.07) is 6.33. The number of hydrogen-bond donors (Lipinski definition) is 3. The molecule has 5 N–H and O–H groups in total. The van der Waals surface area contributed by atoms with E-state index in [4.69, 9.17) is 16.0 Å². The molecule has 0 saturated carbocycles. The van der Waals surface area contributed by atoms with Crippen molar-refractivity contribution in [2.75, 3.05) is 6.54 Å². The molecule has 0 aliphatic rings. The highest BCUT2D eigenvalue weighted by Gasteiger charge is 2.23. The summed E-state index contributed by atoms with van der Waals surface area (Å²) in [7, 11) is 0. The topological polar surface area (TPSA) is 227 Å². The molecule has 3 aromatic heterocycles. The van der Waals surface area contributed by atoms with E-state index in [1.54, 1.807) is 27.7 Å². The van der Waals surface area contributed by atoms with Crippen LogP contribution in [0.25, 0.3) is 0 Å². The highest BCUT2D eigenvalue weighted by Crippen LogP contribution is 2.19. The van der Waals surface area contributed by atoms with Crippen LogP contribution in [0.15, 0.2) is 35.1 Å². The Bertz CT molecular complexity index is 1840. The van der Waals surface area contributed by atoms with Crippen LogP contribution in [0.4, 0.5) is 0 Å². The van der Waals surface area contributed by atoms with Gasteiger partial charge < -0.3 is 21.3 Å². The largest absolute Gasteiger partial charge is 0.369 e. The molecule has 3 amide bonds. The van der Waals surface area contributed by atoms with E-state index in [0.717, 1.165) is 35.9 Å². The number of primary amides is 2. The Morgan fingerprint density at radius 1 is 0.549 bits per heavy atom. The minimum Gasteiger partial charge on any atom is -0.369 e. The van der Waals surface area contributed by atoms with E-state index < -0.39 is 11.8 Å². The van der Waals surface area contributed by atoms with Crippen molar-refractivity contribution in [1.29, 1.82) is 0 Å². The zero-order chi connectivity index (χ0) is 55.7. The van der Waals surface area contributed by atoms with Gasteiger partial charge in [-0.05, 0) is 61.0 Å². The van der Waals surface area contributed by atoms with Gasteiger partial charge in [0, 0.05) is 78.7 Å². The third-order valence-electron chi connectivity index (χ3n) is 10.2. The fraction of sp³-hybridized carbons (Fsp3) is 0.719. The molecule has 0 aliphatic carbocycles. The first-order valence-electron chi connectivity index (χ1n) is 26.3. The number of ketones is 2. The van der Waals surface area contributed by atoms with E-state index in [9.17, 15) is 24.0 Å². The Morgan fingerprint density at radius 2 is 1.01 bits per heavy atom. The van der Waals surface area contributed by atoms with Crippen molar-refractivity contribution in [2.24, 2.45) is 58.8 Å². The van der Waals surface area contributed by atoms with E-state index >= 15 is 0 Å². The first kappa shape index (κ1) is 70.4. The van der Waals surface area contributed by atoms with E-state index in [-0.39, 0.29) is 60.0 Å². The lowest BCUT2D eigenvalue weighted by atomic mass is 9.89. The maximum atomic E-state index is 11.5. The SMILES string of the molecule is CC(C)C(=O)CC(CNC(=O)C(C)C)C(N)=O.CC(C)CC(CC(=O)C(C)C)C(N)=O.CC(C)Cc1cccc(C(C)C)n1.CC(C)Cc1cncc(C(C)C)n1.CC(C)c1noc(C(C)C)n1.CCC. The number of pyridine rings is 1. The lowest BCUT2D eigenvalue weighted by Crippen LogP contribution is -2.39. The standard InChI is InChI=1S/C12H22N2O3.C12H19N.C11H18N2.C11H21NO2.C8H14N2O.C3H8/c1-7(2)10(15)5-9(11(13)16)6-14-12(17)8(3)4;1-9(2)8-11-6-5-7-12(13-11)10(3)4;1-8(2)5-10-6-12-7-11(13-10)9(3)4;1-7(2)5-9(11(12)14)6-10(13)8(3)4;1-5(2)7-9-8(6(3)4)11-10-7;1-3-2/h7-9H,5-6H2,1-4H3,(H2,13,16)(H,14,17);5-7,9-10H,8H2,1-4H3;6-9H,5H2,1-4H3;7-9H,5-6H2,1-4H3,(H2,12,14);5-6H,1-4H3;3H2,1-2H3. The average Bonchev–Trinajstić information content (AvgIpc) is 3.77. The van der Waals surface area contributed by atoms with Crippen LogP contribution in [0, 0.1) is 47.3 Å². The minimum atomic E-state index is -0.618. The molecule has 2 unspecified atom stereocenters. The number of amides is 3. The monoisotopic (exact) mass is 995 g/mol. The first-order valence-corrected chi connectivity index (χ1v) is 26.3. The Kier molecular flexibility index (Phi) is 38.4. The van der Waals surface area contributed by atoms with Gasteiger partial charge in [-0.2, -0.15) is 4.98 Å². The minimum absolute atomic E-state index is 0.0102. The summed E-state index contributed by atoms with van der Waals surface area (Å²) in [5, 5.41) is 6.47. The summed E-state index contributed by atoms with van der Waals surface area (Å²) in [5.41, 5.74) is 15.1. The van der Waals surface area contributed by atoms with Crippen molar-refractivity contribution in [3.8, 4) is 0 Å². The molecule has 3 aromatic rings. The molecule has 0 fully saturated rings. The fourth-order valence-corrected chi connectivity index (χ4v) is 5.81. The number of aromatic nitrogens is 5. The second-order valence-electron chi connectivity index (χ2n) is 21.9. The normalized spacial score (nSPS) is 11.8. The average molecular weight is 995 g/mol. The van der Waals surface area contributed by atoms with Gasteiger partial charge in [0.25, 0.3) is 0 Å². The molecule has 2 atom stereocenters. The molecule has 0 saturated heterocycles. The Balaban J connectivity index is -0.000000806. The first-order chi connectivity index (χ1) is 32.8. The zero-order valence-corrected chi connectivity index (χ0v) is 48.6. The highest BCUT2D eigenvalue weighted by atomic mass is 16.5. The van der Waals surface area contributed by atoms with E-state index in [0.29, 0.717) is 54.3 Å². The van der Waals surface area contributed by atoms with Crippen LogP contribution in [0.1, 0.15) is 236 Å². The van der Waals surface area contributed by atoms with Crippen molar-refractivity contribution in [3.05, 3.63) is 65.1 Å². The van der Waals surface area contributed by atoms with Gasteiger partial charge >= 0.3 is 0 Å². The molecule has 14 nitrogen and oxygen atoms in total. The molecule has 406 valence electrons. The van der Waals surface area contributed by atoms with E-state index in [2.05, 4.69) is 132 Å². The molecule has 71 heavy (non-hydrogen) atoms. The van der Waals surface area contributed by atoms with Crippen LogP contribution in [-0.4, -0.2) is 60.9 Å². The Labute approximate surface area is 431 Å². The number of hydrogen-bond acceptors (Lipinski definition) is 11. The van der Waals surface area contributed by atoms with Crippen LogP contribution >= 0.6 is 0 Å². The number of carbonyl (C=O) groups is 5. The van der Waals surface area contributed by atoms with Crippen molar-refractivity contribution in [1.82, 2.24) is 30.4 Å². The molecule has 14 heteroatoms. The number of rotatable bonds is 21. The maximum absolute atomic E-state index is 11.5. The molecule has 0 aromatic carbocycles. The van der Waals surface area contributed by atoms with Crippen LogP contribution in [0.5, 0.6) is 0 Å². The second kappa shape index (κ2) is 38.8. The van der Waals surface area contributed by atoms with Gasteiger partial charge in [-0.3, -0.25) is 38.9 Å². The molecule has 3 rings (SSSR count). The third kappa shape index (κ3) is 35.8. The van der Waals surface area contributed by atoms with Gasteiger partial charge in [0.15, 0.2) is 5.82 Å². The van der Waals surface area contributed by atoms with Crippen LogP contribution in [-0.2, 0) is 36.8 Å². The molecule has 0 aliphatic heterocycles. The third-order valence-corrected chi connectivity index (χ3v) is 10.2. The maximum Gasteiger partial charge on any atom is 0.229 e. The Morgan fingerprint density at radius 3 is 1.38 bits per heavy atom. The summed E-state index contributed by atoms with van der Waals surface area (Å²) in [6.07, 6.45) is 8.17. The molecular weight excluding hydrogens is 893 g/mol. The van der Waals surface area contributed by atoms with Crippen LogP contribution in [0.3, 0.4) is 0 Å². The number of nitrogens with two attached hydrogens (primary N) is 2. The lowest BCUT2D eigenvalue weighted by molar-refractivity contribution is -0.130. The number of carbonyl (C=O) groups excluding carboxylic acids is 5. The van der Waals surface area contributed by atoms with Gasteiger partial charge in [0.1, 0.15) is 11.6 Å². The predicted octanol–water partition coefficient (Wildman–Crippen LogP) is 12.2. The highest BCUT2D eigenvalue weighted by molar-refractivity contribution is 5.88. The summed E-state index contributed by atoms with van der Waals surface area (Å²) in [4.78, 5) is 74.1. The van der Waals surface area contributed by atoms with E-state index in [1.807, 2.05) is 53.9 Å². The van der Waals surface area contributed by atoms with Gasteiger partial charge in [-0.1, -0.05) is 170 Å². The fourth-order valence-electron chi connectivity index (χ4n) is 5.81. The van der Waals surface area contributed by atoms with Gasteiger partial charge in [0.05, 0.1) is 17.3 Å². The van der Waals surface area contributed by atoms with Crippen molar-refractivity contribution < 1.29 is 28.5 Å². The second-order valence-corrected chi connectivity index (χ2v) is 21.9. The molecular formula is C57H102N8O6.